The van der Waals surface area contributed by atoms with Crippen LogP contribution in [-0.2, 0) is 0 Å². The second-order valence-electron chi connectivity index (χ2n) is 4.08. The van der Waals surface area contributed by atoms with Crippen LogP contribution in [0.15, 0.2) is 15.2 Å². The molecule has 82 valence electrons. The predicted molar refractivity (Wildman–Crippen MR) is 66.4 cm³/mol. The van der Waals surface area contributed by atoms with Gasteiger partial charge in [0.2, 0.25) is 0 Å². The van der Waals surface area contributed by atoms with Gasteiger partial charge in [0.25, 0.3) is 5.91 Å². The molecule has 1 aromatic rings. The average molecular weight is 288 g/mol. The van der Waals surface area contributed by atoms with Gasteiger partial charge in [0.1, 0.15) is 0 Å². The molecule has 15 heavy (non-hydrogen) atoms. The number of carbonyl (C=O) groups excluding carboxylic acids is 1. The van der Waals surface area contributed by atoms with E-state index < -0.39 is 0 Å². The molecule has 1 fully saturated rings. The van der Waals surface area contributed by atoms with Crippen LogP contribution < -0.4 is 5.32 Å². The summed E-state index contributed by atoms with van der Waals surface area (Å²) in [5.74, 6) is 0.0681. The number of thiophene rings is 1. The zero-order valence-electron chi connectivity index (χ0n) is 8.68. The monoisotopic (exact) mass is 287 g/mol. The lowest BCUT2D eigenvalue weighted by Crippen LogP contribution is -2.52. The quantitative estimate of drug-likeness (QED) is 0.905. The lowest BCUT2D eigenvalue weighted by Gasteiger charge is -2.41. The van der Waals surface area contributed by atoms with Gasteiger partial charge in [-0.05, 0) is 47.7 Å². The van der Waals surface area contributed by atoms with Crippen molar-refractivity contribution in [3.05, 3.63) is 20.8 Å². The minimum Gasteiger partial charge on any atom is -0.347 e. The van der Waals surface area contributed by atoms with E-state index >= 15 is 0 Å². The SMILES string of the molecule is CCC1(NC(=O)c2csc(Br)c2)CCC1. The first kappa shape index (κ1) is 11.1. The summed E-state index contributed by atoms with van der Waals surface area (Å²) in [4.78, 5) is 11.9. The highest BCUT2D eigenvalue weighted by Crippen LogP contribution is 2.35. The molecule has 1 aromatic heterocycles. The summed E-state index contributed by atoms with van der Waals surface area (Å²) in [5.41, 5.74) is 0.859. The molecule has 0 radical (unpaired) electrons. The summed E-state index contributed by atoms with van der Waals surface area (Å²) in [5, 5.41) is 5.05. The van der Waals surface area contributed by atoms with Crippen molar-refractivity contribution in [2.75, 3.05) is 0 Å². The number of nitrogens with one attached hydrogen (secondary N) is 1. The second kappa shape index (κ2) is 4.26. The van der Waals surface area contributed by atoms with Crippen LogP contribution in [0.4, 0.5) is 0 Å². The molecule has 1 heterocycles. The van der Waals surface area contributed by atoms with Crippen molar-refractivity contribution < 1.29 is 4.79 Å². The molecule has 1 saturated carbocycles. The van der Waals surface area contributed by atoms with Gasteiger partial charge in [0, 0.05) is 10.9 Å². The maximum absolute atomic E-state index is 11.9. The minimum atomic E-state index is 0.0681. The van der Waals surface area contributed by atoms with Gasteiger partial charge in [0.15, 0.2) is 0 Å². The average Bonchev–Trinajstić information content (AvgIpc) is 2.58. The minimum absolute atomic E-state index is 0.0681. The molecule has 0 atom stereocenters. The van der Waals surface area contributed by atoms with Crippen molar-refractivity contribution in [3.8, 4) is 0 Å². The maximum atomic E-state index is 11.9. The van der Waals surface area contributed by atoms with Crippen LogP contribution in [0.5, 0.6) is 0 Å². The maximum Gasteiger partial charge on any atom is 0.252 e. The molecule has 1 N–H and O–H groups in total. The van der Waals surface area contributed by atoms with Gasteiger partial charge in [-0.15, -0.1) is 11.3 Å². The van der Waals surface area contributed by atoms with Crippen molar-refractivity contribution in [2.24, 2.45) is 0 Å². The number of amides is 1. The van der Waals surface area contributed by atoms with Crippen molar-refractivity contribution in [1.29, 1.82) is 0 Å². The van der Waals surface area contributed by atoms with E-state index in [0.29, 0.717) is 0 Å². The predicted octanol–water partition coefficient (Wildman–Crippen LogP) is 3.57. The van der Waals surface area contributed by atoms with E-state index in [0.717, 1.165) is 28.6 Å². The number of carbonyl (C=O) groups is 1. The van der Waals surface area contributed by atoms with E-state index in [9.17, 15) is 4.79 Å². The smallest absolute Gasteiger partial charge is 0.252 e. The van der Waals surface area contributed by atoms with E-state index in [-0.39, 0.29) is 11.4 Å². The van der Waals surface area contributed by atoms with Crippen molar-refractivity contribution >= 4 is 33.2 Å². The Bertz CT molecular complexity index is 365. The van der Waals surface area contributed by atoms with Gasteiger partial charge in [-0.1, -0.05) is 6.92 Å². The van der Waals surface area contributed by atoms with Crippen molar-refractivity contribution in [2.45, 2.75) is 38.1 Å². The number of hydrogen-bond donors (Lipinski definition) is 1. The first-order valence-corrected chi connectivity index (χ1v) is 6.89. The highest BCUT2D eigenvalue weighted by Gasteiger charge is 2.36. The Labute approximate surface area is 102 Å². The van der Waals surface area contributed by atoms with Crippen LogP contribution in [0.25, 0.3) is 0 Å². The van der Waals surface area contributed by atoms with Gasteiger partial charge < -0.3 is 5.32 Å². The lowest BCUT2D eigenvalue weighted by molar-refractivity contribution is 0.0821. The van der Waals surface area contributed by atoms with E-state index in [1.807, 2.05) is 11.4 Å². The molecular formula is C11H14BrNOS. The molecule has 0 saturated heterocycles. The molecule has 1 aliphatic carbocycles. The van der Waals surface area contributed by atoms with Crippen LogP contribution >= 0.6 is 27.3 Å². The number of halogens is 1. The second-order valence-corrected chi connectivity index (χ2v) is 6.37. The Balaban J connectivity index is 2.03. The fraction of sp³-hybridized carbons (Fsp3) is 0.545. The molecule has 1 aliphatic rings. The molecule has 0 aromatic carbocycles. The molecule has 1 amide bonds. The van der Waals surface area contributed by atoms with Crippen LogP contribution in [0, 0.1) is 0 Å². The van der Waals surface area contributed by atoms with Gasteiger partial charge in [0.05, 0.1) is 9.35 Å². The van der Waals surface area contributed by atoms with E-state index in [4.69, 9.17) is 0 Å². The number of rotatable bonds is 3. The summed E-state index contributed by atoms with van der Waals surface area (Å²) in [6.07, 6.45) is 4.52. The summed E-state index contributed by atoms with van der Waals surface area (Å²) in [7, 11) is 0. The zero-order chi connectivity index (χ0) is 10.9. The van der Waals surface area contributed by atoms with Crippen LogP contribution in [-0.4, -0.2) is 11.4 Å². The number of hydrogen-bond acceptors (Lipinski definition) is 2. The summed E-state index contributed by atoms with van der Waals surface area (Å²) < 4.78 is 1.01. The summed E-state index contributed by atoms with van der Waals surface area (Å²) in [6.45, 7) is 2.14. The topological polar surface area (TPSA) is 29.1 Å². The third-order valence-corrected chi connectivity index (χ3v) is 4.70. The Morgan fingerprint density at radius 1 is 1.67 bits per heavy atom. The molecule has 4 heteroatoms. The Hall–Kier alpha value is -0.350. The van der Waals surface area contributed by atoms with Crippen LogP contribution in [0.2, 0.25) is 0 Å². The van der Waals surface area contributed by atoms with Crippen LogP contribution in [0.1, 0.15) is 43.0 Å². The Morgan fingerprint density at radius 2 is 2.40 bits per heavy atom. The molecule has 2 rings (SSSR count). The highest BCUT2D eigenvalue weighted by molar-refractivity contribution is 9.11. The highest BCUT2D eigenvalue weighted by atomic mass is 79.9. The van der Waals surface area contributed by atoms with Gasteiger partial charge >= 0.3 is 0 Å². The first-order chi connectivity index (χ1) is 7.15. The third-order valence-electron chi connectivity index (χ3n) is 3.20. The fourth-order valence-electron chi connectivity index (χ4n) is 1.91. The van der Waals surface area contributed by atoms with E-state index in [2.05, 4.69) is 28.2 Å². The standard InChI is InChI=1S/C11H14BrNOS/c1-2-11(4-3-5-11)13-10(14)8-6-9(12)15-7-8/h6-7H,2-5H2,1H3,(H,13,14). The Kier molecular flexibility index (Phi) is 3.16. The molecule has 0 spiro atoms. The molecular weight excluding hydrogens is 274 g/mol. The van der Waals surface area contributed by atoms with Gasteiger partial charge in [-0.3, -0.25) is 4.79 Å². The summed E-state index contributed by atoms with van der Waals surface area (Å²) in [6, 6.07) is 1.88. The Morgan fingerprint density at radius 3 is 2.80 bits per heavy atom. The molecule has 2 nitrogen and oxygen atoms in total. The molecule has 0 aliphatic heterocycles. The molecule has 0 bridgehead atoms. The largest absolute Gasteiger partial charge is 0.347 e. The fourth-order valence-corrected chi connectivity index (χ4v) is 3.05. The van der Waals surface area contributed by atoms with E-state index in [1.165, 1.54) is 6.42 Å². The van der Waals surface area contributed by atoms with Gasteiger partial charge in [-0.2, -0.15) is 0 Å². The van der Waals surface area contributed by atoms with Crippen LogP contribution in [0.3, 0.4) is 0 Å². The first-order valence-electron chi connectivity index (χ1n) is 5.22. The van der Waals surface area contributed by atoms with Crippen molar-refractivity contribution in [3.63, 3.8) is 0 Å². The normalized spacial score (nSPS) is 18.3. The van der Waals surface area contributed by atoms with E-state index in [1.54, 1.807) is 11.3 Å². The third kappa shape index (κ3) is 2.26. The summed E-state index contributed by atoms with van der Waals surface area (Å²) >= 11 is 4.91. The molecule has 0 unspecified atom stereocenters. The zero-order valence-corrected chi connectivity index (χ0v) is 11.1. The van der Waals surface area contributed by atoms with Crippen molar-refractivity contribution in [1.82, 2.24) is 5.32 Å². The lowest BCUT2D eigenvalue weighted by atomic mass is 9.75. The van der Waals surface area contributed by atoms with Gasteiger partial charge in [-0.25, -0.2) is 0 Å².